The SMILES string of the molecule is CCOc1ccc(S(=O)(=O)N2CCC(C)C(N)C2)cc1C. The summed E-state index contributed by atoms with van der Waals surface area (Å²) >= 11 is 0. The predicted molar refractivity (Wildman–Crippen MR) is 82.9 cm³/mol. The zero-order valence-electron chi connectivity index (χ0n) is 12.9. The molecular formula is C15H24N2O3S. The second-order valence-corrected chi connectivity index (χ2v) is 7.59. The van der Waals surface area contributed by atoms with E-state index in [1.54, 1.807) is 18.2 Å². The van der Waals surface area contributed by atoms with Crippen molar-refractivity contribution < 1.29 is 13.2 Å². The van der Waals surface area contributed by atoms with E-state index in [0.717, 1.165) is 17.7 Å². The van der Waals surface area contributed by atoms with Gasteiger partial charge in [-0.05, 0) is 49.9 Å². The first kappa shape index (κ1) is 16.3. The highest BCUT2D eigenvalue weighted by atomic mass is 32.2. The first-order valence-electron chi connectivity index (χ1n) is 7.35. The summed E-state index contributed by atoms with van der Waals surface area (Å²) in [5.74, 6) is 1.08. The van der Waals surface area contributed by atoms with Gasteiger partial charge in [0.25, 0.3) is 0 Å². The molecule has 1 aliphatic rings. The maximum absolute atomic E-state index is 12.7. The van der Waals surface area contributed by atoms with Crippen LogP contribution in [0.5, 0.6) is 5.75 Å². The number of hydrogen-bond acceptors (Lipinski definition) is 4. The largest absolute Gasteiger partial charge is 0.494 e. The summed E-state index contributed by atoms with van der Waals surface area (Å²) in [6, 6.07) is 4.90. The molecule has 1 aliphatic heterocycles. The van der Waals surface area contributed by atoms with Gasteiger partial charge >= 0.3 is 0 Å². The molecule has 1 aromatic rings. The second-order valence-electron chi connectivity index (χ2n) is 5.65. The number of sulfonamides is 1. The van der Waals surface area contributed by atoms with E-state index in [2.05, 4.69) is 6.92 Å². The highest BCUT2D eigenvalue weighted by Gasteiger charge is 2.32. The third kappa shape index (κ3) is 3.39. The Balaban J connectivity index is 2.25. The van der Waals surface area contributed by atoms with Crippen molar-refractivity contribution in [2.24, 2.45) is 11.7 Å². The molecule has 0 spiro atoms. The van der Waals surface area contributed by atoms with Crippen LogP contribution < -0.4 is 10.5 Å². The quantitative estimate of drug-likeness (QED) is 0.919. The molecule has 2 unspecified atom stereocenters. The van der Waals surface area contributed by atoms with Gasteiger partial charge < -0.3 is 10.5 Å². The number of benzene rings is 1. The summed E-state index contributed by atoms with van der Waals surface area (Å²) in [6.45, 7) is 7.30. The number of nitrogens with zero attached hydrogens (tertiary/aromatic N) is 1. The van der Waals surface area contributed by atoms with Gasteiger partial charge in [-0.15, -0.1) is 0 Å². The molecule has 2 atom stereocenters. The van der Waals surface area contributed by atoms with Crippen molar-refractivity contribution in [1.29, 1.82) is 0 Å². The molecular weight excluding hydrogens is 288 g/mol. The van der Waals surface area contributed by atoms with Crippen molar-refractivity contribution in [2.45, 2.75) is 38.1 Å². The number of hydrogen-bond donors (Lipinski definition) is 1. The minimum absolute atomic E-state index is 0.0997. The molecule has 0 aliphatic carbocycles. The standard InChI is InChI=1S/C15H24N2O3S/c1-4-20-15-6-5-13(9-12(15)3)21(18,19)17-8-7-11(2)14(16)10-17/h5-6,9,11,14H,4,7-8,10,16H2,1-3H3. The lowest BCUT2D eigenvalue weighted by Crippen LogP contribution is -2.49. The number of aryl methyl sites for hydroxylation is 1. The van der Waals surface area contributed by atoms with E-state index in [0.29, 0.717) is 30.5 Å². The number of ether oxygens (including phenoxy) is 1. The Hall–Kier alpha value is -1.11. The second kappa shape index (κ2) is 6.34. The Bertz CT molecular complexity index is 601. The van der Waals surface area contributed by atoms with E-state index in [1.807, 2.05) is 13.8 Å². The molecule has 1 aromatic carbocycles. The van der Waals surface area contributed by atoms with Crippen LogP contribution in [0.15, 0.2) is 23.1 Å². The molecule has 1 heterocycles. The fourth-order valence-electron chi connectivity index (χ4n) is 2.54. The number of nitrogens with two attached hydrogens (primary N) is 1. The fourth-order valence-corrected chi connectivity index (χ4v) is 4.11. The van der Waals surface area contributed by atoms with Crippen molar-refractivity contribution in [1.82, 2.24) is 4.31 Å². The Morgan fingerprint density at radius 2 is 2.14 bits per heavy atom. The van der Waals surface area contributed by atoms with Gasteiger partial charge in [0, 0.05) is 19.1 Å². The highest BCUT2D eigenvalue weighted by Crippen LogP contribution is 2.26. The average molecular weight is 312 g/mol. The Kier molecular flexibility index (Phi) is 4.91. The molecule has 5 nitrogen and oxygen atoms in total. The summed E-state index contributed by atoms with van der Waals surface area (Å²) in [5.41, 5.74) is 6.84. The molecule has 0 radical (unpaired) electrons. The van der Waals surface area contributed by atoms with Crippen LogP contribution in [-0.2, 0) is 10.0 Å². The molecule has 0 amide bonds. The number of rotatable bonds is 4. The monoisotopic (exact) mass is 312 g/mol. The summed E-state index contributed by atoms with van der Waals surface area (Å²) in [7, 11) is -3.47. The number of piperidine rings is 1. The molecule has 6 heteroatoms. The lowest BCUT2D eigenvalue weighted by atomic mass is 9.96. The maximum Gasteiger partial charge on any atom is 0.243 e. The first-order chi connectivity index (χ1) is 9.86. The smallest absolute Gasteiger partial charge is 0.243 e. The van der Waals surface area contributed by atoms with E-state index in [9.17, 15) is 8.42 Å². The maximum atomic E-state index is 12.7. The van der Waals surface area contributed by atoms with E-state index in [-0.39, 0.29) is 6.04 Å². The van der Waals surface area contributed by atoms with Crippen LogP contribution in [0.2, 0.25) is 0 Å². The summed E-state index contributed by atoms with van der Waals surface area (Å²) in [5, 5.41) is 0. The van der Waals surface area contributed by atoms with E-state index in [4.69, 9.17) is 10.5 Å². The van der Waals surface area contributed by atoms with Crippen LogP contribution in [0.25, 0.3) is 0 Å². The Labute approximate surface area is 127 Å². The van der Waals surface area contributed by atoms with Crippen molar-refractivity contribution in [3.63, 3.8) is 0 Å². The van der Waals surface area contributed by atoms with Crippen LogP contribution in [0.1, 0.15) is 25.8 Å². The molecule has 21 heavy (non-hydrogen) atoms. The van der Waals surface area contributed by atoms with Crippen LogP contribution in [0.4, 0.5) is 0 Å². The average Bonchev–Trinajstić information content (AvgIpc) is 2.44. The third-order valence-electron chi connectivity index (χ3n) is 4.06. The molecule has 2 rings (SSSR count). The molecule has 2 N–H and O–H groups in total. The van der Waals surface area contributed by atoms with E-state index >= 15 is 0 Å². The summed E-state index contributed by atoms with van der Waals surface area (Å²) in [6.07, 6.45) is 0.802. The van der Waals surface area contributed by atoms with Crippen LogP contribution in [0, 0.1) is 12.8 Å². The van der Waals surface area contributed by atoms with Crippen LogP contribution in [-0.4, -0.2) is 38.5 Å². The van der Waals surface area contributed by atoms with Gasteiger partial charge in [0.2, 0.25) is 10.0 Å². The van der Waals surface area contributed by atoms with Gasteiger partial charge in [0.15, 0.2) is 0 Å². The highest BCUT2D eigenvalue weighted by molar-refractivity contribution is 7.89. The lowest BCUT2D eigenvalue weighted by molar-refractivity contribution is 0.253. The van der Waals surface area contributed by atoms with Gasteiger partial charge in [-0.25, -0.2) is 8.42 Å². The molecule has 1 fully saturated rings. The van der Waals surface area contributed by atoms with Crippen molar-refractivity contribution >= 4 is 10.0 Å². The van der Waals surface area contributed by atoms with Crippen molar-refractivity contribution in [3.8, 4) is 5.75 Å². The van der Waals surface area contributed by atoms with E-state index in [1.165, 1.54) is 4.31 Å². The van der Waals surface area contributed by atoms with Crippen molar-refractivity contribution in [2.75, 3.05) is 19.7 Å². The summed E-state index contributed by atoms with van der Waals surface area (Å²) < 4.78 is 32.3. The van der Waals surface area contributed by atoms with Gasteiger partial charge in [0.05, 0.1) is 11.5 Å². The van der Waals surface area contributed by atoms with Crippen molar-refractivity contribution in [3.05, 3.63) is 23.8 Å². The Morgan fingerprint density at radius 1 is 1.43 bits per heavy atom. The lowest BCUT2D eigenvalue weighted by Gasteiger charge is -2.34. The molecule has 1 saturated heterocycles. The molecule has 118 valence electrons. The zero-order valence-corrected chi connectivity index (χ0v) is 13.7. The predicted octanol–water partition coefficient (Wildman–Crippen LogP) is 1.75. The normalized spacial score (nSPS) is 24.0. The van der Waals surface area contributed by atoms with E-state index < -0.39 is 10.0 Å². The minimum Gasteiger partial charge on any atom is -0.494 e. The molecule has 0 aromatic heterocycles. The third-order valence-corrected chi connectivity index (χ3v) is 5.92. The van der Waals surface area contributed by atoms with Crippen LogP contribution >= 0.6 is 0 Å². The fraction of sp³-hybridized carbons (Fsp3) is 0.600. The van der Waals surface area contributed by atoms with Crippen LogP contribution in [0.3, 0.4) is 0 Å². The van der Waals surface area contributed by atoms with Gasteiger partial charge in [-0.1, -0.05) is 6.92 Å². The van der Waals surface area contributed by atoms with Gasteiger partial charge in [0.1, 0.15) is 5.75 Å². The zero-order chi connectivity index (χ0) is 15.6. The van der Waals surface area contributed by atoms with Gasteiger partial charge in [-0.3, -0.25) is 0 Å². The molecule has 0 bridgehead atoms. The molecule has 0 saturated carbocycles. The van der Waals surface area contributed by atoms with Gasteiger partial charge in [-0.2, -0.15) is 4.31 Å². The minimum atomic E-state index is -3.47. The Morgan fingerprint density at radius 3 is 2.71 bits per heavy atom. The summed E-state index contributed by atoms with van der Waals surface area (Å²) in [4.78, 5) is 0.310. The topological polar surface area (TPSA) is 72.6 Å². The first-order valence-corrected chi connectivity index (χ1v) is 8.79.